The van der Waals surface area contributed by atoms with Crippen molar-refractivity contribution in [2.75, 3.05) is 14.2 Å². The fraction of sp³-hybridized carbons (Fsp3) is 0.500. The van der Waals surface area contributed by atoms with Crippen molar-refractivity contribution >= 4 is 29.6 Å². The number of hydrogen-bond donors (Lipinski definition) is 2. The molecule has 0 spiro atoms. The van der Waals surface area contributed by atoms with Gasteiger partial charge in [0.15, 0.2) is 6.04 Å². The van der Waals surface area contributed by atoms with Gasteiger partial charge in [-0.2, -0.15) is 0 Å². The summed E-state index contributed by atoms with van der Waals surface area (Å²) in [6.07, 6.45) is 0.148. The molecule has 7 nitrogen and oxygen atoms in total. The maximum absolute atomic E-state index is 12.4. The normalized spacial score (nSPS) is 22.3. The van der Waals surface area contributed by atoms with E-state index in [0.29, 0.717) is 0 Å². The summed E-state index contributed by atoms with van der Waals surface area (Å²) in [6.45, 7) is 3.76. The molecular weight excluding hydrogens is 356 g/mol. The number of carbonyl (C=O) groups excluding carboxylic acids is 3. The lowest BCUT2D eigenvalue weighted by Crippen LogP contribution is -2.54. The number of hydrogen-bond acceptors (Lipinski definition) is 7. The third-order valence-corrected chi connectivity index (χ3v) is 5.68. The Bertz CT molecular complexity index is 665. The van der Waals surface area contributed by atoms with Crippen molar-refractivity contribution in [1.82, 2.24) is 10.6 Å². The molecule has 0 radical (unpaired) electrons. The molecule has 0 aliphatic carbocycles. The van der Waals surface area contributed by atoms with Gasteiger partial charge in [0, 0.05) is 4.75 Å². The number of thioether (sulfide) groups is 1. The molecule has 2 N–H and O–H groups in total. The summed E-state index contributed by atoms with van der Waals surface area (Å²) in [5.74, 6) is -1.28. The van der Waals surface area contributed by atoms with E-state index in [1.807, 2.05) is 44.2 Å². The largest absolute Gasteiger partial charge is 0.468 e. The highest BCUT2D eigenvalue weighted by Gasteiger charge is 2.50. The SMILES string of the molecule is COC(=O)[C@H]1N[C@@H]([C@@H](NC(=O)Cc2ccccc2)C(=O)OC)SC1(C)C. The molecule has 1 aromatic carbocycles. The van der Waals surface area contributed by atoms with Gasteiger partial charge in [-0.25, -0.2) is 4.79 Å². The molecule has 1 aliphatic rings. The Morgan fingerprint density at radius 3 is 2.42 bits per heavy atom. The van der Waals surface area contributed by atoms with Crippen LogP contribution in [0.1, 0.15) is 19.4 Å². The summed E-state index contributed by atoms with van der Waals surface area (Å²) in [5, 5.41) is 5.30. The van der Waals surface area contributed by atoms with Crippen molar-refractivity contribution < 1.29 is 23.9 Å². The average Bonchev–Trinajstić information content (AvgIpc) is 2.94. The zero-order valence-electron chi connectivity index (χ0n) is 15.3. The first-order valence-corrected chi connectivity index (χ1v) is 9.09. The quantitative estimate of drug-likeness (QED) is 0.707. The summed E-state index contributed by atoms with van der Waals surface area (Å²) >= 11 is 1.39. The molecular formula is C18H24N2O5S. The molecule has 1 saturated heterocycles. The Kier molecular flexibility index (Phi) is 6.66. The van der Waals surface area contributed by atoms with Crippen LogP contribution >= 0.6 is 11.8 Å². The Labute approximate surface area is 157 Å². The third kappa shape index (κ3) is 4.76. The second-order valence-corrected chi connectivity index (χ2v) is 8.29. The number of nitrogens with one attached hydrogen (secondary N) is 2. The molecule has 0 bridgehead atoms. The number of ether oxygens (including phenoxy) is 2. The van der Waals surface area contributed by atoms with Crippen LogP contribution in [0.15, 0.2) is 30.3 Å². The standard InChI is InChI=1S/C18H24N2O5S/c1-18(2)14(17(23)25-4)20-15(26-18)13(16(22)24-3)19-12(21)10-11-8-6-5-7-9-11/h5-9,13-15,20H,10H2,1-4H3,(H,19,21)/t13-,14-,15-/m1/s1. The van der Waals surface area contributed by atoms with Crippen LogP contribution < -0.4 is 10.6 Å². The van der Waals surface area contributed by atoms with Gasteiger partial charge in [-0.05, 0) is 19.4 Å². The number of rotatable bonds is 6. The number of amides is 1. The minimum Gasteiger partial charge on any atom is -0.468 e. The molecule has 0 aromatic heterocycles. The van der Waals surface area contributed by atoms with Crippen molar-refractivity contribution in [3.05, 3.63) is 35.9 Å². The Morgan fingerprint density at radius 1 is 1.19 bits per heavy atom. The predicted molar refractivity (Wildman–Crippen MR) is 98.5 cm³/mol. The van der Waals surface area contributed by atoms with E-state index in [2.05, 4.69) is 10.6 Å². The van der Waals surface area contributed by atoms with E-state index in [1.165, 1.54) is 26.0 Å². The van der Waals surface area contributed by atoms with Gasteiger partial charge < -0.3 is 14.8 Å². The zero-order chi connectivity index (χ0) is 19.3. The first-order valence-electron chi connectivity index (χ1n) is 8.21. The molecule has 1 aromatic rings. The lowest BCUT2D eigenvalue weighted by Gasteiger charge is -2.23. The zero-order valence-corrected chi connectivity index (χ0v) is 16.1. The molecule has 0 unspecified atom stereocenters. The van der Waals surface area contributed by atoms with Gasteiger partial charge in [-0.15, -0.1) is 11.8 Å². The molecule has 26 heavy (non-hydrogen) atoms. The van der Waals surface area contributed by atoms with Gasteiger partial charge in [-0.1, -0.05) is 30.3 Å². The van der Waals surface area contributed by atoms with Crippen molar-refractivity contribution in [2.24, 2.45) is 0 Å². The van der Waals surface area contributed by atoms with E-state index in [9.17, 15) is 14.4 Å². The highest BCUT2D eigenvalue weighted by atomic mass is 32.2. The van der Waals surface area contributed by atoms with Crippen LogP contribution in [-0.4, -0.2) is 54.3 Å². The van der Waals surface area contributed by atoms with E-state index in [4.69, 9.17) is 9.47 Å². The summed E-state index contributed by atoms with van der Waals surface area (Å²) < 4.78 is 9.16. The van der Waals surface area contributed by atoms with Crippen LogP contribution in [0.5, 0.6) is 0 Å². The van der Waals surface area contributed by atoms with E-state index in [0.717, 1.165) is 5.56 Å². The van der Waals surface area contributed by atoms with E-state index in [-0.39, 0.29) is 12.3 Å². The van der Waals surface area contributed by atoms with Gasteiger partial charge in [0.25, 0.3) is 0 Å². The fourth-order valence-corrected chi connectivity index (χ4v) is 4.29. The molecule has 1 amide bonds. The van der Waals surface area contributed by atoms with Gasteiger partial charge >= 0.3 is 11.9 Å². The Hall–Kier alpha value is -2.06. The summed E-state index contributed by atoms with van der Waals surface area (Å²) in [6, 6.07) is 7.72. The minimum atomic E-state index is -0.921. The lowest BCUT2D eigenvalue weighted by atomic mass is 10.0. The van der Waals surface area contributed by atoms with Crippen molar-refractivity contribution in [1.29, 1.82) is 0 Å². The number of esters is 2. The third-order valence-electron chi connectivity index (χ3n) is 4.18. The number of benzene rings is 1. The molecule has 1 heterocycles. The molecule has 142 valence electrons. The van der Waals surface area contributed by atoms with E-state index in [1.54, 1.807) is 0 Å². The highest BCUT2D eigenvalue weighted by Crippen LogP contribution is 2.39. The van der Waals surface area contributed by atoms with Gasteiger partial charge in [0.1, 0.15) is 6.04 Å². The van der Waals surface area contributed by atoms with E-state index >= 15 is 0 Å². The van der Waals surface area contributed by atoms with Crippen molar-refractivity contribution in [3.63, 3.8) is 0 Å². The van der Waals surface area contributed by atoms with Crippen LogP contribution in [0, 0.1) is 0 Å². The first-order chi connectivity index (χ1) is 12.3. The molecule has 0 saturated carbocycles. The second-order valence-electron chi connectivity index (χ2n) is 6.50. The summed E-state index contributed by atoms with van der Waals surface area (Å²) in [7, 11) is 2.58. The molecule has 8 heteroatoms. The predicted octanol–water partition coefficient (Wildman–Crippen LogP) is 0.870. The van der Waals surface area contributed by atoms with Crippen LogP contribution in [0.3, 0.4) is 0 Å². The van der Waals surface area contributed by atoms with Crippen LogP contribution in [0.4, 0.5) is 0 Å². The Morgan fingerprint density at radius 2 is 1.85 bits per heavy atom. The second kappa shape index (κ2) is 8.55. The monoisotopic (exact) mass is 380 g/mol. The van der Waals surface area contributed by atoms with E-state index < -0.39 is 34.1 Å². The number of carbonyl (C=O) groups is 3. The fourth-order valence-electron chi connectivity index (χ4n) is 2.82. The molecule has 3 atom stereocenters. The maximum atomic E-state index is 12.4. The average molecular weight is 380 g/mol. The van der Waals surface area contributed by atoms with Crippen molar-refractivity contribution in [3.8, 4) is 0 Å². The number of methoxy groups -OCH3 is 2. The maximum Gasteiger partial charge on any atom is 0.330 e. The van der Waals surface area contributed by atoms with Crippen molar-refractivity contribution in [2.45, 2.75) is 42.5 Å². The van der Waals surface area contributed by atoms with Crippen LogP contribution in [-0.2, 0) is 30.3 Å². The molecule has 2 rings (SSSR count). The summed E-state index contributed by atoms with van der Waals surface area (Å²) in [5.41, 5.74) is 0.841. The van der Waals surface area contributed by atoms with Crippen LogP contribution in [0.25, 0.3) is 0 Å². The molecule has 1 fully saturated rings. The smallest absolute Gasteiger partial charge is 0.330 e. The van der Waals surface area contributed by atoms with Gasteiger partial charge in [-0.3, -0.25) is 14.9 Å². The van der Waals surface area contributed by atoms with Crippen LogP contribution in [0.2, 0.25) is 0 Å². The lowest BCUT2D eigenvalue weighted by molar-refractivity contribution is -0.146. The summed E-state index contributed by atoms with van der Waals surface area (Å²) in [4.78, 5) is 36.6. The van der Waals surface area contributed by atoms with Gasteiger partial charge in [0.05, 0.1) is 26.0 Å². The highest BCUT2D eigenvalue weighted by molar-refractivity contribution is 8.01. The Balaban J connectivity index is 2.11. The van der Waals surface area contributed by atoms with Gasteiger partial charge in [0.2, 0.25) is 5.91 Å². The first kappa shape index (κ1) is 20.3. The minimum absolute atomic E-state index is 0.148. The molecule has 1 aliphatic heterocycles. The topological polar surface area (TPSA) is 93.7 Å².